The van der Waals surface area contributed by atoms with Gasteiger partial charge < -0.3 is 10.2 Å². The van der Waals surface area contributed by atoms with Crippen LogP contribution in [-0.2, 0) is 0 Å². The highest BCUT2D eigenvalue weighted by atomic mass is 32.1. The van der Waals surface area contributed by atoms with Gasteiger partial charge in [-0.05, 0) is 43.6 Å². The van der Waals surface area contributed by atoms with E-state index in [0.29, 0.717) is 6.04 Å². The number of benzene rings is 1. The minimum atomic E-state index is 0.686. The van der Waals surface area contributed by atoms with E-state index < -0.39 is 0 Å². The molecule has 3 rings (SSSR count). The van der Waals surface area contributed by atoms with Gasteiger partial charge >= 0.3 is 0 Å². The van der Waals surface area contributed by atoms with E-state index in [0.717, 1.165) is 18.6 Å². The smallest absolute Gasteiger partial charge is 0.119 e. The summed E-state index contributed by atoms with van der Waals surface area (Å²) in [5.74, 6) is 0. The first-order valence-corrected chi connectivity index (χ1v) is 6.92. The van der Waals surface area contributed by atoms with E-state index in [1.54, 1.807) is 11.5 Å². The largest absolute Gasteiger partial charge is 0.362 e. The molecule has 0 aliphatic carbocycles. The Balaban J connectivity index is 1.85. The molecule has 1 aliphatic rings. The molecule has 3 nitrogen and oxygen atoms in total. The summed E-state index contributed by atoms with van der Waals surface area (Å²) in [4.78, 5) is 2.48. The van der Waals surface area contributed by atoms with Gasteiger partial charge in [0, 0.05) is 24.5 Å². The number of nitrogens with zero attached hydrogens (tertiary/aromatic N) is 2. The number of rotatable bonds is 2. The fourth-order valence-corrected chi connectivity index (χ4v) is 3.39. The number of nitrogens with one attached hydrogen (secondary N) is 1. The number of anilines is 1. The highest BCUT2D eigenvalue weighted by Crippen LogP contribution is 2.32. The van der Waals surface area contributed by atoms with Gasteiger partial charge in [-0.1, -0.05) is 12.1 Å². The summed E-state index contributed by atoms with van der Waals surface area (Å²) in [5, 5.41) is 6.02. The fraction of sp³-hybridized carbons (Fsp3) is 0.462. The van der Waals surface area contributed by atoms with Crippen molar-refractivity contribution in [1.29, 1.82) is 0 Å². The van der Waals surface area contributed by atoms with Gasteiger partial charge in [-0.15, -0.1) is 0 Å². The molecule has 2 heterocycles. The Morgan fingerprint density at radius 1 is 1.29 bits per heavy atom. The molecule has 0 atom stereocenters. The summed E-state index contributed by atoms with van der Waals surface area (Å²) in [7, 11) is 2.06. The standard InChI is InChI=1S/C13H17N3S/c1-14-10-6-8-16(9-7-10)13-11-4-2-3-5-12(11)15-17-13/h2-5,10,14H,6-9H2,1H3. The monoisotopic (exact) mass is 247 g/mol. The van der Waals surface area contributed by atoms with Crippen LogP contribution in [0.4, 0.5) is 5.00 Å². The van der Waals surface area contributed by atoms with Crippen molar-refractivity contribution in [3.05, 3.63) is 24.3 Å². The molecule has 1 aromatic carbocycles. The highest BCUT2D eigenvalue weighted by Gasteiger charge is 2.20. The number of aromatic nitrogens is 1. The first kappa shape index (κ1) is 11.0. The third-order valence-electron chi connectivity index (χ3n) is 3.56. The Morgan fingerprint density at radius 3 is 2.82 bits per heavy atom. The molecular formula is C13H17N3S. The molecular weight excluding hydrogens is 230 g/mol. The third kappa shape index (κ3) is 2.03. The number of hydrogen-bond acceptors (Lipinski definition) is 4. The molecule has 0 unspecified atom stereocenters. The van der Waals surface area contributed by atoms with Crippen molar-refractivity contribution >= 4 is 27.4 Å². The van der Waals surface area contributed by atoms with Crippen LogP contribution in [0.3, 0.4) is 0 Å². The third-order valence-corrected chi connectivity index (χ3v) is 4.49. The van der Waals surface area contributed by atoms with Crippen molar-refractivity contribution in [2.75, 3.05) is 25.0 Å². The van der Waals surface area contributed by atoms with Crippen molar-refractivity contribution in [2.24, 2.45) is 0 Å². The molecule has 0 saturated carbocycles. The first-order valence-electron chi connectivity index (χ1n) is 6.15. The Kier molecular flexibility index (Phi) is 2.99. The summed E-state index contributed by atoms with van der Waals surface area (Å²) in [6.07, 6.45) is 2.45. The normalized spacial score (nSPS) is 17.8. The summed E-state index contributed by atoms with van der Waals surface area (Å²) in [6, 6.07) is 9.11. The van der Waals surface area contributed by atoms with Gasteiger partial charge in [0.15, 0.2) is 0 Å². The molecule has 0 amide bonds. The summed E-state index contributed by atoms with van der Waals surface area (Å²) < 4.78 is 4.52. The predicted octanol–water partition coefficient (Wildman–Crippen LogP) is 2.48. The number of hydrogen-bond donors (Lipinski definition) is 1. The van der Waals surface area contributed by atoms with Crippen LogP contribution in [0, 0.1) is 0 Å². The van der Waals surface area contributed by atoms with Crippen LogP contribution < -0.4 is 10.2 Å². The van der Waals surface area contributed by atoms with Crippen LogP contribution in [0.2, 0.25) is 0 Å². The zero-order chi connectivity index (χ0) is 11.7. The molecule has 0 bridgehead atoms. The van der Waals surface area contributed by atoms with Crippen LogP contribution >= 0.6 is 11.5 Å². The van der Waals surface area contributed by atoms with Gasteiger partial charge in [0.05, 0.1) is 5.52 Å². The molecule has 1 N–H and O–H groups in total. The zero-order valence-electron chi connectivity index (χ0n) is 10.0. The second kappa shape index (κ2) is 4.63. The average molecular weight is 247 g/mol. The molecule has 1 saturated heterocycles. The zero-order valence-corrected chi connectivity index (χ0v) is 10.8. The maximum Gasteiger partial charge on any atom is 0.119 e. The van der Waals surface area contributed by atoms with E-state index in [9.17, 15) is 0 Å². The molecule has 1 fully saturated rings. The van der Waals surface area contributed by atoms with Gasteiger partial charge in [-0.2, -0.15) is 4.37 Å². The van der Waals surface area contributed by atoms with Crippen LogP contribution in [0.5, 0.6) is 0 Å². The highest BCUT2D eigenvalue weighted by molar-refractivity contribution is 7.11. The van der Waals surface area contributed by atoms with Crippen molar-refractivity contribution in [3.8, 4) is 0 Å². The summed E-state index contributed by atoms with van der Waals surface area (Å²) in [5.41, 5.74) is 1.13. The number of piperidine rings is 1. The van der Waals surface area contributed by atoms with Crippen molar-refractivity contribution < 1.29 is 0 Å². The van der Waals surface area contributed by atoms with Crippen molar-refractivity contribution in [1.82, 2.24) is 9.69 Å². The molecule has 1 aromatic heterocycles. The maximum atomic E-state index is 4.52. The van der Waals surface area contributed by atoms with E-state index in [-0.39, 0.29) is 0 Å². The van der Waals surface area contributed by atoms with E-state index in [1.165, 1.54) is 23.2 Å². The Bertz CT molecular complexity index is 500. The topological polar surface area (TPSA) is 28.2 Å². The quantitative estimate of drug-likeness (QED) is 0.883. The second-order valence-corrected chi connectivity index (χ2v) is 5.31. The average Bonchev–Trinajstić information content (AvgIpc) is 2.83. The predicted molar refractivity (Wildman–Crippen MR) is 73.9 cm³/mol. The minimum absolute atomic E-state index is 0.686. The van der Waals surface area contributed by atoms with Crippen LogP contribution in [0.1, 0.15) is 12.8 Å². The van der Waals surface area contributed by atoms with Crippen LogP contribution in [-0.4, -0.2) is 30.6 Å². The van der Waals surface area contributed by atoms with Gasteiger partial charge in [0.1, 0.15) is 5.00 Å². The van der Waals surface area contributed by atoms with Gasteiger partial charge in [0.2, 0.25) is 0 Å². The van der Waals surface area contributed by atoms with Gasteiger partial charge in [-0.25, -0.2) is 0 Å². The molecule has 4 heteroatoms. The van der Waals surface area contributed by atoms with Crippen LogP contribution in [0.25, 0.3) is 10.9 Å². The minimum Gasteiger partial charge on any atom is -0.362 e. The molecule has 2 aromatic rings. The summed E-state index contributed by atoms with van der Waals surface area (Å²) in [6.45, 7) is 2.27. The maximum absolute atomic E-state index is 4.52. The second-order valence-electron chi connectivity index (χ2n) is 4.55. The van der Waals surface area contributed by atoms with Crippen LogP contribution in [0.15, 0.2) is 24.3 Å². The van der Waals surface area contributed by atoms with Gasteiger partial charge in [-0.3, -0.25) is 0 Å². The molecule has 0 radical (unpaired) electrons. The lowest BCUT2D eigenvalue weighted by Gasteiger charge is -2.32. The Morgan fingerprint density at radius 2 is 2.06 bits per heavy atom. The SMILES string of the molecule is CNC1CCN(c2snc3ccccc23)CC1. The van der Waals surface area contributed by atoms with Gasteiger partial charge in [0.25, 0.3) is 0 Å². The molecule has 0 spiro atoms. The lowest BCUT2D eigenvalue weighted by molar-refractivity contribution is 0.444. The lowest BCUT2D eigenvalue weighted by atomic mass is 10.1. The fourth-order valence-electron chi connectivity index (χ4n) is 2.48. The van der Waals surface area contributed by atoms with Crippen molar-refractivity contribution in [2.45, 2.75) is 18.9 Å². The molecule has 1 aliphatic heterocycles. The lowest BCUT2D eigenvalue weighted by Crippen LogP contribution is -2.40. The molecule has 90 valence electrons. The molecule has 17 heavy (non-hydrogen) atoms. The number of fused-ring (bicyclic) bond motifs is 1. The van der Waals surface area contributed by atoms with E-state index in [4.69, 9.17) is 0 Å². The first-order chi connectivity index (χ1) is 8.38. The Labute approximate surface area is 106 Å². The van der Waals surface area contributed by atoms with E-state index in [1.807, 2.05) is 0 Å². The summed E-state index contributed by atoms with van der Waals surface area (Å²) >= 11 is 1.63. The van der Waals surface area contributed by atoms with Crippen molar-refractivity contribution in [3.63, 3.8) is 0 Å². The van der Waals surface area contributed by atoms with E-state index >= 15 is 0 Å². The Hall–Kier alpha value is -1.13. The van der Waals surface area contributed by atoms with E-state index in [2.05, 4.69) is 45.9 Å².